The molecule has 0 saturated carbocycles. The first-order chi connectivity index (χ1) is 9.77. The van der Waals surface area contributed by atoms with E-state index in [0.29, 0.717) is 26.4 Å². The third-order valence-electron chi connectivity index (χ3n) is 2.68. The van der Waals surface area contributed by atoms with Crippen LogP contribution in [0.4, 0.5) is 0 Å². The first-order valence-electron chi connectivity index (χ1n) is 6.96. The van der Waals surface area contributed by atoms with Gasteiger partial charge in [-0.15, -0.1) is 0 Å². The molecule has 0 aliphatic heterocycles. The van der Waals surface area contributed by atoms with Gasteiger partial charge in [-0.25, -0.2) is 0 Å². The van der Waals surface area contributed by atoms with Gasteiger partial charge in [0.15, 0.2) is 0 Å². The van der Waals surface area contributed by atoms with Crippen LogP contribution in [0.5, 0.6) is 5.75 Å². The minimum Gasteiger partial charge on any atom is -0.491 e. The second-order valence-electron chi connectivity index (χ2n) is 4.38. The van der Waals surface area contributed by atoms with Crippen molar-refractivity contribution in [1.29, 1.82) is 0 Å². The van der Waals surface area contributed by atoms with Crippen LogP contribution in [0, 0.1) is 0 Å². The number of ether oxygens (including phenoxy) is 3. The fourth-order valence-corrected chi connectivity index (χ4v) is 2.09. The molecule has 0 atom stereocenters. The van der Waals surface area contributed by atoms with E-state index in [-0.39, 0.29) is 0 Å². The van der Waals surface area contributed by atoms with Gasteiger partial charge in [0.25, 0.3) is 0 Å². The normalized spacial score (nSPS) is 10.8. The lowest BCUT2D eigenvalue weighted by atomic mass is 10.2. The van der Waals surface area contributed by atoms with Gasteiger partial charge in [-0.1, -0.05) is 22.9 Å². The van der Waals surface area contributed by atoms with Crippen LogP contribution in [-0.2, 0) is 16.0 Å². The van der Waals surface area contributed by atoms with Crippen molar-refractivity contribution in [1.82, 2.24) is 5.32 Å². The minimum absolute atomic E-state index is 0.548. The smallest absolute Gasteiger partial charge is 0.123 e. The third-order valence-corrected chi connectivity index (χ3v) is 3.18. The molecule has 0 fully saturated rings. The van der Waals surface area contributed by atoms with Crippen molar-refractivity contribution in [2.45, 2.75) is 19.9 Å². The summed E-state index contributed by atoms with van der Waals surface area (Å²) in [7, 11) is 1.66. The van der Waals surface area contributed by atoms with Gasteiger partial charge < -0.3 is 19.5 Å². The van der Waals surface area contributed by atoms with Gasteiger partial charge in [0, 0.05) is 23.7 Å². The molecule has 0 bridgehead atoms. The average molecular weight is 346 g/mol. The van der Waals surface area contributed by atoms with Crippen LogP contribution in [0.15, 0.2) is 22.7 Å². The maximum atomic E-state index is 5.78. The molecule has 0 amide bonds. The van der Waals surface area contributed by atoms with Crippen molar-refractivity contribution in [2.24, 2.45) is 0 Å². The molecule has 20 heavy (non-hydrogen) atoms. The Morgan fingerprint density at radius 1 is 1.15 bits per heavy atom. The fourth-order valence-electron chi connectivity index (χ4n) is 1.68. The largest absolute Gasteiger partial charge is 0.491 e. The second kappa shape index (κ2) is 11.1. The highest BCUT2D eigenvalue weighted by atomic mass is 79.9. The van der Waals surface area contributed by atoms with E-state index in [0.717, 1.165) is 35.3 Å². The maximum absolute atomic E-state index is 5.78. The summed E-state index contributed by atoms with van der Waals surface area (Å²) in [6.45, 7) is 6.31. The lowest BCUT2D eigenvalue weighted by molar-refractivity contribution is 0.0542. The zero-order valence-electron chi connectivity index (χ0n) is 12.3. The molecule has 5 heteroatoms. The van der Waals surface area contributed by atoms with E-state index in [4.69, 9.17) is 14.2 Å². The maximum Gasteiger partial charge on any atom is 0.123 e. The standard InChI is InChI=1S/C15H24BrNO3/c1-3-6-17-12-13-11-14(16)4-5-15(13)20-10-9-19-8-7-18-2/h4-5,11,17H,3,6-10,12H2,1-2H3. The molecule has 4 nitrogen and oxygen atoms in total. The van der Waals surface area contributed by atoms with Gasteiger partial charge in [-0.05, 0) is 31.2 Å². The number of hydrogen-bond acceptors (Lipinski definition) is 4. The summed E-state index contributed by atoms with van der Waals surface area (Å²) in [5.74, 6) is 0.909. The molecule has 1 rings (SSSR count). The monoisotopic (exact) mass is 345 g/mol. The number of methoxy groups -OCH3 is 1. The highest BCUT2D eigenvalue weighted by molar-refractivity contribution is 9.10. The van der Waals surface area contributed by atoms with E-state index in [1.165, 1.54) is 0 Å². The molecule has 0 radical (unpaired) electrons. The quantitative estimate of drug-likeness (QED) is 0.626. The third kappa shape index (κ3) is 7.24. The molecule has 114 valence electrons. The Bertz CT molecular complexity index is 374. The molecule has 0 aliphatic carbocycles. The molecule has 1 aromatic rings. The van der Waals surface area contributed by atoms with Gasteiger partial charge in [-0.2, -0.15) is 0 Å². The van der Waals surface area contributed by atoms with Crippen LogP contribution >= 0.6 is 15.9 Å². The van der Waals surface area contributed by atoms with Crippen molar-refractivity contribution in [3.8, 4) is 5.75 Å². The number of halogens is 1. The van der Waals surface area contributed by atoms with Crippen LogP contribution < -0.4 is 10.1 Å². The Labute approximate surface area is 129 Å². The van der Waals surface area contributed by atoms with Gasteiger partial charge in [0.1, 0.15) is 12.4 Å². The Kier molecular flexibility index (Phi) is 9.66. The molecule has 0 aromatic heterocycles. The van der Waals surface area contributed by atoms with Crippen molar-refractivity contribution in [2.75, 3.05) is 40.1 Å². The fraction of sp³-hybridized carbons (Fsp3) is 0.600. The minimum atomic E-state index is 0.548. The molecule has 0 spiro atoms. The predicted octanol–water partition coefficient (Wildman–Crippen LogP) is 2.99. The summed E-state index contributed by atoms with van der Waals surface area (Å²) in [6, 6.07) is 6.07. The van der Waals surface area contributed by atoms with Crippen LogP contribution in [-0.4, -0.2) is 40.1 Å². The van der Waals surface area contributed by atoms with Gasteiger partial charge in [0.2, 0.25) is 0 Å². The molecular weight excluding hydrogens is 322 g/mol. The molecule has 0 aliphatic rings. The second-order valence-corrected chi connectivity index (χ2v) is 5.30. The Hall–Kier alpha value is -0.620. The van der Waals surface area contributed by atoms with Crippen LogP contribution in [0.1, 0.15) is 18.9 Å². The summed E-state index contributed by atoms with van der Waals surface area (Å²) >= 11 is 3.49. The predicted molar refractivity (Wildman–Crippen MR) is 84.3 cm³/mol. The first kappa shape index (κ1) is 17.4. The topological polar surface area (TPSA) is 39.7 Å². The molecule has 0 heterocycles. The van der Waals surface area contributed by atoms with E-state index < -0.39 is 0 Å². The van der Waals surface area contributed by atoms with Crippen molar-refractivity contribution < 1.29 is 14.2 Å². The van der Waals surface area contributed by atoms with Crippen molar-refractivity contribution in [3.05, 3.63) is 28.2 Å². The Morgan fingerprint density at radius 3 is 2.70 bits per heavy atom. The zero-order valence-corrected chi connectivity index (χ0v) is 13.9. The molecule has 0 unspecified atom stereocenters. The SMILES string of the molecule is CCCNCc1cc(Br)ccc1OCCOCCOC. The molecule has 0 saturated heterocycles. The summed E-state index contributed by atoms with van der Waals surface area (Å²) in [6.07, 6.45) is 1.12. The van der Waals surface area contributed by atoms with E-state index in [1.54, 1.807) is 7.11 Å². The Balaban J connectivity index is 2.38. The molecule has 1 aromatic carbocycles. The van der Waals surface area contributed by atoms with Crippen LogP contribution in [0.25, 0.3) is 0 Å². The summed E-state index contributed by atoms with van der Waals surface area (Å²) < 4.78 is 17.1. The van der Waals surface area contributed by atoms with Gasteiger partial charge in [-0.3, -0.25) is 0 Å². The van der Waals surface area contributed by atoms with Gasteiger partial charge >= 0.3 is 0 Å². The highest BCUT2D eigenvalue weighted by Gasteiger charge is 2.04. The number of nitrogens with one attached hydrogen (secondary N) is 1. The number of rotatable bonds is 11. The van der Waals surface area contributed by atoms with E-state index >= 15 is 0 Å². The van der Waals surface area contributed by atoms with Gasteiger partial charge in [0.05, 0.1) is 19.8 Å². The average Bonchev–Trinajstić information content (AvgIpc) is 2.45. The number of hydrogen-bond donors (Lipinski definition) is 1. The number of benzene rings is 1. The summed E-state index contributed by atoms with van der Waals surface area (Å²) in [5.41, 5.74) is 1.16. The lowest BCUT2D eigenvalue weighted by Crippen LogP contribution is -2.16. The van der Waals surface area contributed by atoms with E-state index in [1.807, 2.05) is 12.1 Å². The summed E-state index contributed by atoms with van der Waals surface area (Å²) in [5, 5.41) is 3.39. The van der Waals surface area contributed by atoms with Crippen molar-refractivity contribution >= 4 is 15.9 Å². The zero-order chi connectivity index (χ0) is 14.6. The molecular formula is C15H24BrNO3. The highest BCUT2D eigenvalue weighted by Crippen LogP contribution is 2.23. The van der Waals surface area contributed by atoms with E-state index in [9.17, 15) is 0 Å². The van der Waals surface area contributed by atoms with E-state index in [2.05, 4.69) is 34.2 Å². The Morgan fingerprint density at radius 2 is 1.95 bits per heavy atom. The molecule has 1 N–H and O–H groups in total. The summed E-state index contributed by atoms with van der Waals surface area (Å²) in [4.78, 5) is 0. The first-order valence-corrected chi connectivity index (χ1v) is 7.75. The van der Waals surface area contributed by atoms with Crippen LogP contribution in [0.3, 0.4) is 0 Å². The lowest BCUT2D eigenvalue weighted by Gasteiger charge is -2.13. The van der Waals surface area contributed by atoms with Crippen LogP contribution in [0.2, 0.25) is 0 Å². The van der Waals surface area contributed by atoms with Crippen molar-refractivity contribution in [3.63, 3.8) is 0 Å².